The second-order valence-corrected chi connectivity index (χ2v) is 4.56. The van der Waals surface area contributed by atoms with Crippen molar-refractivity contribution in [2.45, 2.75) is 32.7 Å². The van der Waals surface area contributed by atoms with Crippen LogP contribution in [0, 0.1) is 6.92 Å². The summed E-state index contributed by atoms with van der Waals surface area (Å²) in [6, 6.07) is 0.163. The van der Waals surface area contributed by atoms with Crippen molar-refractivity contribution < 1.29 is 4.79 Å². The summed E-state index contributed by atoms with van der Waals surface area (Å²) in [6.45, 7) is 3.88. The summed E-state index contributed by atoms with van der Waals surface area (Å²) >= 11 is 7.03. The Morgan fingerprint density at radius 3 is 2.93 bits per heavy atom. The molecular formula is C10H15ClN2OS. The van der Waals surface area contributed by atoms with Gasteiger partial charge in [-0.1, -0.05) is 6.92 Å². The summed E-state index contributed by atoms with van der Waals surface area (Å²) in [6.07, 6.45) is 1.71. The average molecular weight is 247 g/mol. The Morgan fingerprint density at radius 2 is 2.47 bits per heavy atom. The smallest absolute Gasteiger partial charge is 0.263 e. The molecule has 0 fully saturated rings. The lowest BCUT2D eigenvalue weighted by molar-refractivity contribution is 0.0938. The summed E-state index contributed by atoms with van der Waals surface area (Å²) in [7, 11) is 0. The van der Waals surface area contributed by atoms with Crippen LogP contribution >= 0.6 is 22.9 Å². The van der Waals surface area contributed by atoms with Crippen molar-refractivity contribution in [3.8, 4) is 0 Å². The van der Waals surface area contributed by atoms with E-state index in [4.69, 9.17) is 11.6 Å². The molecular weight excluding hydrogens is 232 g/mol. The molecule has 1 aromatic heterocycles. The van der Waals surface area contributed by atoms with E-state index in [-0.39, 0.29) is 11.9 Å². The van der Waals surface area contributed by atoms with Crippen molar-refractivity contribution in [1.82, 2.24) is 10.3 Å². The number of thiazole rings is 1. The van der Waals surface area contributed by atoms with Gasteiger partial charge in [-0.25, -0.2) is 4.98 Å². The highest BCUT2D eigenvalue weighted by atomic mass is 35.5. The van der Waals surface area contributed by atoms with Crippen LogP contribution < -0.4 is 5.32 Å². The molecule has 84 valence electrons. The van der Waals surface area contributed by atoms with Crippen LogP contribution in [0.5, 0.6) is 0 Å². The van der Waals surface area contributed by atoms with Gasteiger partial charge in [-0.2, -0.15) is 0 Å². The standard InChI is InChI=1S/C10H15ClN2OS/c1-3-8(4-5-11)13-10(14)9-7(2)12-6-15-9/h6,8H,3-5H2,1-2H3,(H,13,14). The molecule has 1 N–H and O–H groups in total. The predicted molar refractivity (Wildman–Crippen MR) is 63.7 cm³/mol. The number of carbonyl (C=O) groups is 1. The molecule has 1 unspecified atom stereocenters. The maximum atomic E-state index is 11.8. The Labute approximate surface area is 98.9 Å². The van der Waals surface area contributed by atoms with Gasteiger partial charge in [0.15, 0.2) is 0 Å². The molecule has 1 atom stereocenters. The van der Waals surface area contributed by atoms with E-state index in [1.807, 2.05) is 13.8 Å². The summed E-state index contributed by atoms with van der Waals surface area (Å²) in [5.74, 6) is 0.535. The molecule has 0 aliphatic rings. The quantitative estimate of drug-likeness (QED) is 0.812. The predicted octanol–water partition coefficient (Wildman–Crippen LogP) is 2.59. The lowest BCUT2D eigenvalue weighted by atomic mass is 10.1. The van der Waals surface area contributed by atoms with Crippen molar-refractivity contribution >= 4 is 28.8 Å². The second kappa shape index (κ2) is 6.08. The molecule has 0 saturated heterocycles. The van der Waals surface area contributed by atoms with Gasteiger partial charge < -0.3 is 5.32 Å². The zero-order chi connectivity index (χ0) is 11.3. The molecule has 1 heterocycles. The molecule has 1 amide bonds. The molecule has 0 spiro atoms. The number of hydrogen-bond donors (Lipinski definition) is 1. The van der Waals surface area contributed by atoms with E-state index in [1.165, 1.54) is 11.3 Å². The van der Waals surface area contributed by atoms with Crippen LogP contribution in [-0.4, -0.2) is 22.8 Å². The minimum absolute atomic E-state index is 0.0352. The summed E-state index contributed by atoms with van der Waals surface area (Å²) in [5, 5.41) is 2.96. The summed E-state index contributed by atoms with van der Waals surface area (Å²) in [4.78, 5) is 16.5. The third-order valence-electron chi connectivity index (χ3n) is 2.24. The first-order chi connectivity index (χ1) is 7.19. The fraction of sp³-hybridized carbons (Fsp3) is 0.600. The second-order valence-electron chi connectivity index (χ2n) is 3.32. The fourth-order valence-corrected chi connectivity index (χ4v) is 2.25. The van der Waals surface area contributed by atoms with E-state index in [9.17, 15) is 4.79 Å². The number of aromatic nitrogens is 1. The Balaban J connectivity index is 2.58. The van der Waals surface area contributed by atoms with E-state index < -0.39 is 0 Å². The number of nitrogens with one attached hydrogen (secondary N) is 1. The molecule has 1 rings (SSSR count). The van der Waals surface area contributed by atoms with Gasteiger partial charge >= 0.3 is 0 Å². The molecule has 5 heteroatoms. The van der Waals surface area contributed by atoms with E-state index in [0.29, 0.717) is 10.8 Å². The minimum atomic E-state index is -0.0352. The molecule has 3 nitrogen and oxygen atoms in total. The Morgan fingerprint density at radius 1 is 1.73 bits per heavy atom. The van der Waals surface area contributed by atoms with Gasteiger partial charge in [0.1, 0.15) is 4.88 Å². The normalized spacial score (nSPS) is 12.5. The van der Waals surface area contributed by atoms with Crippen LogP contribution in [-0.2, 0) is 0 Å². The molecule has 0 aliphatic carbocycles. The van der Waals surface area contributed by atoms with E-state index in [2.05, 4.69) is 10.3 Å². The van der Waals surface area contributed by atoms with Crippen LogP contribution in [0.25, 0.3) is 0 Å². The number of halogens is 1. The monoisotopic (exact) mass is 246 g/mol. The molecule has 0 radical (unpaired) electrons. The highest BCUT2D eigenvalue weighted by molar-refractivity contribution is 7.11. The van der Waals surface area contributed by atoms with Gasteiger partial charge in [-0.3, -0.25) is 4.79 Å². The van der Waals surface area contributed by atoms with Crippen LogP contribution in [0.2, 0.25) is 0 Å². The molecule has 0 aliphatic heterocycles. The number of aryl methyl sites for hydroxylation is 1. The molecule has 0 aromatic carbocycles. The third kappa shape index (κ3) is 3.47. The summed E-state index contributed by atoms with van der Waals surface area (Å²) in [5.41, 5.74) is 2.48. The first-order valence-corrected chi connectivity index (χ1v) is 6.37. The molecule has 15 heavy (non-hydrogen) atoms. The van der Waals surface area contributed by atoms with E-state index in [0.717, 1.165) is 18.5 Å². The van der Waals surface area contributed by atoms with Crippen LogP contribution in [0.3, 0.4) is 0 Å². The number of alkyl halides is 1. The summed E-state index contributed by atoms with van der Waals surface area (Å²) < 4.78 is 0. The van der Waals surface area contributed by atoms with Gasteiger partial charge in [0.25, 0.3) is 5.91 Å². The molecule has 1 aromatic rings. The SMILES string of the molecule is CCC(CCCl)NC(=O)c1scnc1C. The lowest BCUT2D eigenvalue weighted by Crippen LogP contribution is -2.34. The first-order valence-electron chi connectivity index (χ1n) is 4.96. The minimum Gasteiger partial charge on any atom is -0.349 e. The number of amides is 1. The zero-order valence-corrected chi connectivity index (χ0v) is 10.5. The van der Waals surface area contributed by atoms with Crippen LogP contribution in [0.15, 0.2) is 5.51 Å². The first kappa shape index (κ1) is 12.5. The van der Waals surface area contributed by atoms with Crippen molar-refractivity contribution in [2.24, 2.45) is 0 Å². The number of carbonyl (C=O) groups excluding carboxylic acids is 1. The molecule has 0 saturated carbocycles. The van der Waals surface area contributed by atoms with Crippen LogP contribution in [0.1, 0.15) is 35.1 Å². The number of hydrogen-bond acceptors (Lipinski definition) is 3. The van der Waals surface area contributed by atoms with Crippen molar-refractivity contribution in [1.29, 1.82) is 0 Å². The van der Waals surface area contributed by atoms with E-state index >= 15 is 0 Å². The van der Waals surface area contributed by atoms with Crippen molar-refractivity contribution in [3.05, 3.63) is 16.1 Å². The zero-order valence-electron chi connectivity index (χ0n) is 8.92. The number of rotatable bonds is 5. The van der Waals surface area contributed by atoms with Crippen LogP contribution in [0.4, 0.5) is 0 Å². The lowest BCUT2D eigenvalue weighted by Gasteiger charge is -2.14. The highest BCUT2D eigenvalue weighted by Gasteiger charge is 2.15. The van der Waals surface area contributed by atoms with Crippen molar-refractivity contribution in [2.75, 3.05) is 5.88 Å². The fourth-order valence-electron chi connectivity index (χ4n) is 1.28. The topological polar surface area (TPSA) is 42.0 Å². The highest BCUT2D eigenvalue weighted by Crippen LogP contribution is 2.12. The van der Waals surface area contributed by atoms with Gasteiger partial charge in [-0.05, 0) is 19.8 Å². The Hall–Kier alpha value is -0.610. The van der Waals surface area contributed by atoms with Crippen molar-refractivity contribution in [3.63, 3.8) is 0 Å². The average Bonchev–Trinajstić information content (AvgIpc) is 2.63. The Kier molecular flexibility index (Phi) is 5.05. The van der Waals surface area contributed by atoms with Gasteiger partial charge in [0, 0.05) is 11.9 Å². The third-order valence-corrected chi connectivity index (χ3v) is 3.38. The molecule has 0 bridgehead atoms. The Bertz CT molecular complexity index is 327. The van der Waals surface area contributed by atoms with Gasteiger partial charge in [0.05, 0.1) is 11.2 Å². The van der Waals surface area contributed by atoms with E-state index in [1.54, 1.807) is 5.51 Å². The van der Waals surface area contributed by atoms with Gasteiger partial charge in [0.2, 0.25) is 0 Å². The largest absolute Gasteiger partial charge is 0.349 e. The number of nitrogens with zero attached hydrogens (tertiary/aromatic N) is 1. The maximum Gasteiger partial charge on any atom is 0.263 e. The maximum absolute atomic E-state index is 11.8. The van der Waals surface area contributed by atoms with Gasteiger partial charge in [-0.15, -0.1) is 22.9 Å².